The van der Waals surface area contributed by atoms with Gasteiger partial charge in [0.2, 0.25) is 11.9 Å². The Bertz CT molecular complexity index is 1130. The summed E-state index contributed by atoms with van der Waals surface area (Å²) in [6, 6.07) is 9.43. The minimum atomic E-state index is -0.626. The van der Waals surface area contributed by atoms with Crippen LogP contribution in [0.15, 0.2) is 61.6 Å². The number of carbonyl (C=O) groups excluding carboxylic acids is 2. The topological polar surface area (TPSA) is 131 Å². The summed E-state index contributed by atoms with van der Waals surface area (Å²) in [6.07, 6.45) is 8.07. The van der Waals surface area contributed by atoms with E-state index in [1.54, 1.807) is 11.1 Å². The minimum Gasteiger partial charge on any atom is -0.365 e. The van der Waals surface area contributed by atoms with E-state index in [-0.39, 0.29) is 17.5 Å². The van der Waals surface area contributed by atoms with Gasteiger partial charge in [0.05, 0.1) is 17.9 Å². The summed E-state index contributed by atoms with van der Waals surface area (Å²) in [4.78, 5) is 34.1. The Morgan fingerprint density at radius 1 is 1.16 bits per heavy atom. The number of nitrogens with one attached hydrogen (secondary N) is 2. The summed E-state index contributed by atoms with van der Waals surface area (Å²) >= 11 is 0. The standard InChI is InChI=1S/C22H24N8O2/c1-2-19(31)29-10-6-9-17(14-29)30-13-16(11-25-30)27-22-24-12-18(20(23)32)21(28-22)26-15-7-4-3-5-8-15/h2-5,7-8,11-13,17H,1,6,9-10,14H2,(H2,23,32)(H2,24,26,27,28)/t17-/m1/s1. The average Bonchev–Trinajstić information content (AvgIpc) is 3.28. The highest BCUT2D eigenvalue weighted by Gasteiger charge is 2.24. The molecule has 32 heavy (non-hydrogen) atoms. The number of benzene rings is 1. The number of likely N-dealkylation sites (tertiary alicyclic amines) is 1. The zero-order valence-electron chi connectivity index (χ0n) is 17.4. The zero-order chi connectivity index (χ0) is 22.5. The summed E-state index contributed by atoms with van der Waals surface area (Å²) in [7, 11) is 0. The SMILES string of the molecule is C=CC(=O)N1CCC[C@@H](n2cc(Nc3ncc(C(N)=O)c(Nc4ccccc4)n3)cn2)C1. The van der Waals surface area contributed by atoms with Gasteiger partial charge in [-0.05, 0) is 31.1 Å². The molecule has 1 aliphatic rings. The summed E-state index contributed by atoms with van der Waals surface area (Å²) in [6.45, 7) is 4.87. The number of hydrogen-bond donors (Lipinski definition) is 3. The fourth-order valence-electron chi connectivity index (χ4n) is 3.61. The number of carbonyl (C=O) groups is 2. The zero-order valence-corrected chi connectivity index (χ0v) is 17.4. The number of primary amides is 1. The smallest absolute Gasteiger partial charge is 0.254 e. The molecule has 0 radical (unpaired) electrons. The molecule has 1 aromatic carbocycles. The average molecular weight is 432 g/mol. The second-order valence-electron chi connectivity index (χ2n) is 7.43. The monoisotopic (exact) mass is 432 g/mol. The first-order chi connectivity index (χ1) is 15.5. The van der Waals surface area contributed by atoms with E-state index in [1.807, 2.05) is 41.2 Å². The van der Waals surface area contributed by atoms with Crippen LogP contribution in [0.5, 0.6) is 0 Å². The molecule has 10 nitrogen and oxygen atoms in total. The normalized spacial score (nSPS) is 15.8. The van der Waals surface area contributed by atoms with Crippen LogP contribution in [-0.2, 0) is 4.79 Å². The molecule has 0 unspecified atom stereocenters. The maximum absolute atomic E-state index is 11.9. The molecule has 1 fully saturated rings. The van der Waals surface area contributed by atoms with Crippen molar-refractivity contribution in [3.8, 4) is 0 Å². The van der Waals surface area contributed by atoms with Crippen molar-refractivity contribution < 1.29 is 9.59 Å². The third-order valence-corrected chi connectivity index (χ3v) is 5.21. The van der Waals surface area contributed by atoms with Crippen LogP contribution in [0.4, 0.5) is 23.1 Å². The molecule has 3 heterocycles. The summed E-state index contributed by atoms with van der Waals surface area (Å²) in [5.41, 5.74) is 7.11. The molecule has 10 heteroatoms. The van der Waals surface area contributed by atoms with E-state index in [1.165, 1.54) is 12.3 Å². The summed E-state index contributed by atoms with van der Waals surface area (Å²) < 4.78 is 1.84. The van der Waals surface area contributed by atoms with Crippen molar-refractivity contribution in [2.24, 2.45) is 5.73 Å². The van der Waals surface area contributed by atoms with Crippen LogP contribution in [0.2, 0.25) is 0 Å². The molecule has 1 aliphatic heterocycles. The van der Waals surface area contributed by atoms with Crippen LogP contribution in [0.25, 0.3) is 0 Å². The van der Waals surface area contributed by atoms with Gasteiger partial charge >= 0.3 is 0 Å². The van der Waals surface area contributed by atoms with E-state index < -0.39 is 5.91 Å². The lowest BCUT2D eigenvalue weighted by atomic mass is 10.1. The Balaban J connectivity index is 1.50. The van der Waals surface area contributed by atoms with Crippen LogP contribution in [-0.4, -0.2) is 49.6 Å². The van der Waals surface area contributed by atoms with E-state index in [4.69, 9.17) is 5.73 Å². The van der Waals surface area contributed by atoms with E-state index in [2.05, 4.69) is 32.3 Å². The molecule has 2 amide bonds. The minimum absolute atomic E-state index is 0.0680. The van der Waals surface area contributed by atoms with Gasteiger partial charge in [-0.15, -0.1) is 0 Å². The second kappa shape index (κ2) is 9.29. The van der Waals surface area contributed by atoms with E-state index in [0.29, 0.717) is 24.0 Å². The lowest BCUT2D eigenvalue weighted by molar-refractivity contribution is -0.127. The number of amides is 2. The molecule has 0 aliphatic carbocycles. The Morgan fingerprint density at radius 2 is 1.97 bits per heavy atom. The molecule has 2 aromatic heterocycles. The maximum Gasteiger partial charge on any atom is 0.254 e. The molecule has 1 atom stereocenters. The highest BCUT2D eigenvalue weighted by molar-refractivity contribution is 5.98. The van der Waals surface area contributed by atoms with Gasteiger partial charge in [0.15, 0.2) is 0 Å². The largest absolute Gasteiger partial charge is 0.365 e. The second-order valence-corrected chi connectivity index (χ2v) is 7.43. The van der Waals surface area contributed by atoms with Crippen molar-refractivity contribution in [3.05, 3.63) is 67.1 Å². The number of hydrogen-bond acceptors (Lipinski definition) is 7. The van der Waals surface area contributed by atoms with Crippen LogP contribution in [0.3, 0.4) is 0 Å². The van der Waals surface area contributed by atoms with Crippen molar-refractivity contribution in [3.63, 3.8) is 0 Å². The molecule has 4 N–H and O–H groups in total. The van der Waals surface area contributed by atoms with Crippen molar-refractivity contribution in [2.45, 2.75) is 18.9 Å². The quantitative estimate of drug-likeness (QED) is 0.489. The van der Waals surface area contributed by atoms with Crippen molar-refractivity contribution in [2.75, 3.05) is 23.7 Å². The van der Waals surface area contributed by atoms with Gasteiger partial charge in [0, 0.05) is 31.2 Å². The Hall–Kier alpha value is -4.21. The fraction of sp³-hybridized carbons (Fsp3) is 0.227. The number of piperidine rings is 1. The van der Waals surface area contributed by atoms with Crippen molar-refractivity contribution >= 4 is 35.0 Å². The molecule has 0 bridgehead atoms. The molecule has 4 rings (SSSR count). The van der Waals surface area contributed by atoms with Gasteiger partial charge in [-0.3, -0.25) is 14.3 Å². The van der Waals surface area contributed by atoms with Gasteiger partial charge in [-0.25, -0.2) is 4.98 Å². The molecule has 164 valence electrons. The highest BCUT2D eigenvalue weighted by atomic mass is 16.2. The van der Waals surface area contributed by atoms with Gasteiger partial charge in [0.1, 0.15) is 11.4 Å². The van der Waals surface area contributed by atoms with Crippen LogP contribution in [0.1, 0.15) is 29.2 Å². The van der Waals surface area contributed by atoms with Crippen LogP contribution >= 0.6 is 0 Å². The van der Waals surface area contributed by atoms with E-state index in [9.17, 15) is 9.59 Å². The predicted molar refractivity (Wildman–Crippen MR) is 121 cm³/mol. The number of nitrogens with two attached hydrogens (primary N) is 1. The fourth-order valence-corrected chi connectivity index (χ4v) is 3.61. The maximum atomic E-state index is 11.9. The lowest BCUT2D eigenvalue weighted by Crippen LogP contribution is -2.39. The summed E-state index contributed by atoms with van der Waals surface area (Å²) in [5, 5.41) is 10.6. The van der Waals surface area contributed by atoms with Crippen LogP contribution < -0.4 is 16.4 Å². The van der Waals surface area contributed by atoms with Crippen molar-refractivity contribution in [1.29, 1.82) is 0 Å². The number of rotatable bonds is 7. The van der Waals surface area contributed by atoms with Crippen LogP contribution in [0, 0.1) is 0 Å². The predicted octanol–water partition coefficient (Wildman–Crippen LogP) is 2.61. The Kier molecular flexibility index (Phi) is 6.11. The van der Waals surface area contributed by atoms with Crippen molar-refractivity contribution in [1.82, 2.24) is 24.6 Å². The van der Waals surface area contributed by atoms with Gasteiger partial charge in [0.25, 0.3) is 5.91 Å². The van der Waals surface area contributed by atoms with E-state index >= 15 is 0 Å². The molecule has 0 spiro atoms. The number of para-hydroxylation sites is 1. The molecule has 0 saturated carbocycles. The molecular weight excluding hydrogens is 408 g/mol. The van der Waals surface area contributed by atoms with Gasteiger partial charge in [-0.2, -0.15) is 10.1 Å². The lowest BCUT2D eigenvalue weighted by Gasteiger charge is -2.32. The number of aromatic nitrogens is 4. The first-order valence-electron chi connectivity index (χ1n) is 10.2. The first kappa shape index (κ1) is 21.0. The third-order valence-electron chi connectivity index (χ3n) is 5.21. The molecular formula is C22H24N8O2. The number of anilines is 4. The first-order valence-corrected chi connectivity index (χ1v) is 10.2. The highest BCUT2D eigenvalue weighted by Crippen LogP contribution is 2.24. The third kappa shape index (κ3) is 4.75. The van der Waals surface area contributed by atoms with Gasteiger partial charge in [-0.1, -0.05) is 24.8 Å². The Morgan fingerprint density at radius 3 is 2.72 bits per heavy atom. The Labute approximate surface area is 185 Å². The van der Waals surface area contributed by atoms with Gasteiger partial charge < -0.3 is 21.3 Å². The molecule has 3 aromatic rings. The summed E-state index contributed by atoms with van der Waals surface area (Å²) in [5.74, 6) is -0.0974. The number of nitrogens with zero attached hydrogens (tertiary/aromatic N) is 5. The van der Waals surface area contributed by atoms with E-state index in [0.717, 1.165) is 25.1 Å². The molecule has 1 saturated heterocycles.